The fourth-order valence-corrected chi connectivity index (χ4v) is 1.22. The summed E-state index contributed by atoms with van der Waals surface area (Å²) in [6, 6.07) is 1.62. The van der Waals surface area contributed by atoms with Gasteiger partial charge in [-0.1, -0.05) is 0 Å². The second-order valence-electron chi connectivity index (χ2n) is 2.63. The molecule has 0 atom stereocenters. The number of carboxylic acid groups (broad SMARTS) is 1. The summed E-state index contributed by atoms with van der Waals surface area (Å²) in [5.74, 6) is -1.24. The Morgan fingerprint density at radius 3 is 2.79 bits per heavy atom. The fraction of sp³-hybridized carbons (Fsp3) is 0.250. The highest BCUT2D eigenvalue weighted by atomic mass is 79.9. The van der Waals surface area contributed by atoms with Crippen molar-refractivity contribution >= 4 is 27.8 Å². The van der Waals surface area contributed by atoms with E-state index in [1.165, 1.54) is 0 Å². The van der Waals surface area contributed by atoms with Gasteiger partial charge in [-0.3, -0.25) is 9.59 Å². The first-order valence-electron chi connectivity index (χ1n) is 3.93. The molecule has 14 heavy (non-hydrogen) atoms. The molecule has 0 aliphatic carbocycles. The summed E-state index contributed by atoms with van der Waals surface area (Å²) in [6.07, 6.45) is 1.56. The molecule has 0 aromatic carbocycles. The van der Waals surface area contributed by atoms with Crippen molar-refractivity contribution in [2.75, 3.05) is 6.54 Å². The third-order valence-corrected chi connectivity index (χ3v) is 1.97. The molecule has 1 heterocycles. The lowest BCUT2D eigenvalue weighted by Gasteiger charge is -2.00. The number of aromatic nitrogens is 1. The van der Waals surface area contributed by atoms with E-state index in [4.69, 9.17) is 5.11 Å². The predicted molar refractivity (Wildman–Crippen MR) is 53.1 cm³/mol. The molecule has 76 valence electrons. The van der Waals surface area contributed by atoms with Crippen LogP contribution >= 0.6 is 15.9 Å². The summed E-state index contributed by atoms with van der Waals surface area (Å²) >= 11 is 3.19. The number of hydrogen-bond donors (Lipinski definition) is 3. The number of carbonyl (C=O) groups excluding carboxylic acids is 1. The lowest BCUT2D eigenvalue weighted by atomic mass is 10.4. The van der Waals surface area contributed by atoms with E-state index in [0.29, 0.717) is 5.69 Å². The molecule has 3 N–H and O–H groups in total. The van der Waals surface area contributed by atoms with E-state index in [1.807, 2.05) is 0 Å². The van der Waals surface area contributed by atoms with Crippen LogP contribution < -0.4 is 5.32 Å². The molecule has 0 aliphatic heterocycles. The highest BCUT2D eigenvalue weighted by Crippen LogP contribution is 2.10. The summed E-state index contributed by atoms with van der Waals surface area (Å²) in [4.78, 5) is 24.2. The zero-order valence-corrected chi connectivity index (χ0v) is 8.80. The van der Waals surface area contributed by atoms with Gasteiger partial charge in [0, 0.05) is 17.2 Å². The molecule has 5 nitrogen and oxygen atoms in total. The topological polar surface area (TPSA) is 82.2 Å². The fourth-order valence-electron chi connectivity index (χ4n) is 0.877. The van der Waals surface area contributed by atoms with Crippen LogP contribution in [0.4, 0.5) is 0 Å². The third-order valence-electron chi connectivity index (χ3n) is 1.52. The maximum Gasteiger partial charge on any atom is 0.305 e. The van der Waals surface area contributed by atoms with Gasteiger partial charge >= 0.3 is 5.97 Å². The first-order chi connectivity index (χ1) is 6.59. The van der Waals surface area contributed by atoms with Gasteiger partial charge in [0.1, 0.15) is 5.69 Å². The summed E-state index contributed by atoms with van der Waals surface area (Å²) in [5, 5.41) is 10.8. The molecule has 1 rings (SSSR count). The van der Waals surface area contributed by atoms with E-state index in [-0.39, 0.29) is 18.9 Å². The van der Waals surface area contributed by atoms with Gasteiger partial charge in [-0.2, -0.15) is 0 Å². The van der Waals surface area contributed by atoms with Gasteiger partial charge in [-0.25, -0.2) is 0 Å². The second-order valence-corrected chi connectivity index (χ2v) is 3.55. The number of hydrogen-bond acceptors (Lipinski definition) is 2. The summed E-state index contributed by atoms with van der Waals surface area (Å²) < 4.78 is 0.779. The number of aliphatic carboxylic acids is 1. The van der Waals surface area contributed by atoms with Crippen LogP contribution in [0.3, 0.4) is 0 Å². The van der Waals surface area contributed by atoms with Crippen LogP contribution in [0.15, 0.2) is 16.7 Å². The summed E-state index contributed by atoms with van der Waals surface area (Å²) in [7, 11) is 0. The smallest absolute Gasteiger partial charge is 0.305 e. The molecule has 0 unspecified atom stereocenters. The molecule has 0 saturated heterocycles. The largest absolute Gasteiger partial charge is 0.481 e. The van der Waals surface area contributed by atoms with Gasteiger partial charge in [0.15, 0.2) is 0 Å². The Morgan fingerprint density at radius 1 is 1.57 bits per heavy atom. The average molecular weight is 261 g/mol. The van der Waals surface area contributed by atoms with Crippen molar-refractivity contribution in [2.45, 2.75) is 6.42 Å². The molecule has 0 aliphatic rings. The number of nitrogens with one attached hydrogen (secondary N) is 2. The molecule has 1 aromatic heterocycles. The number of carbonyl (C=O) groups is 2. The van der Waals surface area contributed by atoms with E-state index in [2.05, 4.69) is 26.2 Å². The molecule has 0 spiro atoms. The van der Waals surface area contributed by atoms with Gasteiger partial charge in [0.05, 0.1) is 6.42 Å². The van der Waals surface area contributed by atoms with Crippen molar-refractivity contribution in [2.24, 2.45) is 0 Å². The van der Waals surface area contributed by atoms with Crippen molar-refractivity contribution in [3.05, 3.63) is 22.4 Å². The average Bonchev–Trinajstić information content (AvgIpc) is 2.51. The molecule has 0 bridgehead atoms. The number of carboxylic acids is 1. The first kappa shape index (κ1) is 10.8. The maximum absolute atomic E-state index is 11.3. The molecule has 6 heteroatoms. The van der Waals surface area contributed by atoms with Crippen molar-refractivity contribution in [3.8, 4) is 0 Å². The third kappa shape index (κ3) is 3.21. The van der Waals surface area contributed by atoms with E-state index in [0.717, 1.165) is 4.47 Å². The maximum atomic E-state index is 11.3. The lowest BCUT2D eigenvalue weighted by molar-refractivity contribution is -0.136. The second kappa shape index (κ2) is 4.80. The molecule has 0 saturated carbocycles. The van der Waals surface area contributed by atoms with Crippen molar-refractivity contribution < 1.29 is 14.7 Å². The number of aromatic amines is 1. The molecular formula is C8H9BrN2O3. The van der Waals surface area contributed by atoms with E-state index >= 15 is 0 Å². The number of amides is 1. The van der Waals surface area contributed by atoms with Crippen LogP contribution in [0.25, 0.3) is 0 Å². The summed E-state index contributed by atoms with van der Waals surface area (Å²) in [5.41, 5.74) is 0.405. The predicted octanol–water partition coefficient (Wildman–Crippen LogP) is 0.982. The van der Waals surface area contributed by atoms with Crippen LogP contribution in [0.1, 0.15) is 16.9 Å². The van der Waals surface area contributed by atoms with Crippen LogP contribution in [-0.4, -0.2) is 28.5 Å². The monoisotopic (exact) mass is 260 g/mol. The van der Waals surface area contributed by atoms with Gasteiger partial charge in [0.25, 0.3) is 5.91 Å². The van der Waals surface area contributed by atoms with Gasteiger partial charge < -0.3 is 15.4 Å². The minimum atomic E-state index is -0.932. The Hall–Kier alpha value is -1.30. The van der Waals surface area contributed by atoms with Crippen molar-refractivity contribution in [1.29, 1.82) is 0 Å². The van der Waals surface area contributed by atoms with Gasteiger partial charge in [-0.15, -0.1) is 0 Å². The molecule has 1 aromatic rings. The van der Waals surface area contributed by atoms with Crippen LogP contribution in [0, 0.1) is 0 Å². The van der Waals surface area contributed by atoms with E-state index in [1.54, 1.807) is 12.3 Å². The SMILES string of the molecule is O=C(O)CCNC(=O)c1cc(Br)c[nH]1. The Bertz CT molecular complexity index is 348. The quantitative estimate of drug-likeness (QED) is 0.755. The number of rotatable bonds is 4. The van der Waals surface area contributed by atoms with Crippen molar-refractivity contribution in [1.82, 2.24) is 10.3 Å². The normalized spacial score (nSPS) is 9.79. The highest BCUT2D eigenvalue weighted by molar-refractivity contribution is 9.10. The minimum Gasteiger partial charge on any atom is -0.481 e. The number of halogens is 1. The Morgan fingerprint density at radius 2 is 2.29 bits per heavy atom. The van der Waals surface area contributed by atoms with E-state index in [9.17, 15) is 9.59 Å². The van der Waals surface area contributed by atoms with Crippen LogP contribution in [0.5, 0.6) is 0 Å². The molecule has 1 amide bonds. The first-order valence-corrected chi connectivity index (χ1v) is 4.73. The zero-order chi connectivity index (χ0) is 10.6. The molecule has 0 fully saturated rings. The number of H-pyrrole nitrogens is 1. The highest BCUT2D eigenvalue weighted by Gasteiger charge is 2.07. The Labute approximate surface area is 88.6 Å². The standard InChI is InChI=1S/C8H9BrN2O3/c9-5-3-6(11-4-5)8(14)10-2-1-7(12)13/h3-4,11H,1-2H2,(H,10,14)(H,12,13). The molecular weight excluding hydrogens is 252 g/mol. The minimum absolute atomic E-state index is 0.0758. The van der Waals surface area contributed by atoms with Crippen molar-refractivity contribution in [3.63, 3.8) is 0 Å². The molecule has 0 radical (unpaired) electrons. The van der Waals surface area contributed by atoms with Crippen LogP contribution in [-0.2, 0) is 4.79 Å². The van der Waals surface area contributed by atoms with Gasteiger partial charge in [-0.05, 0) is 22.0 Å². The van der Waals surface area contributed by atoms with E-state index < -0.39 is 5.97 Å². The van der Waals surface area contributed by atoms with Crippen LogP contribution in [0.2, 0.25) is 0 Å². The Kier molecular flexibility index (Phi) is 3.70. The summed E-state index contributed by atoms with van der Waals surface area (Å²) in [6.45, 7) is 0.130. The van der Waals surface area contributed by atoms with Gasteiger partial charge in [0.2, 0.25) is 0 Å². The zero-order valence-electron chi connectivity index (χ0n) is 7.21. The lowest BCUT2D eigenvalue weighted by Crippen LogP contribution is -2.26. The Balaban J connectivity index is 2.39.